The van der Waals surface area contributed by atoms with Gasteiger partial charge in [-0.3, -0.25) is 0 Å². The number of nitrogens with two attached hydrogens (primary N) is 1. The van der Waals surface area contributed by atoms with Crippen LogP contribution in [-0.2, 0) is 0 Å². The molecular weight excluding hydrogens is 333 g/mol. The third kappa shape index (κ3) is 4.12. The van der Waals surface area contributed by atoms with Crippen molar-refractivity contribution in [1.82, 2.24) is 0 Å². The number of hydrogen-bond acceptors (Lipinski definition) is 3. The number of rotatable bonds is 4. The van der Waals surface area contributed by atoms with E-state index in [1.165, 1.54) is 4.90 Å². The van der Waals surface area contributed by atoms with E-state index in [1.54, 1.807) is 23.5 Å². The molecule has 0 spiro atoms. The van der Waals surface area contributed by atoms with Crippen LogP contribution >= 0.6 is 35.1 Å². The summed E-state index contributed by atoms with van der Waals surface area (Å²) in [5, 5.41) is 0.590. The van der Waals surface area contributed by atoms with E-state index in [2.05, 4.69) is 17.1 Å². The summed E-state index contributed by atoms with van der Waals surface area (Å²) in [5.41, 5.74) is 7.81. The van der Waals surface area contributed by atoms with Crippen LogP contribution in [-0.4, -0.2) is 25.5 Å². The zero-order valence-electron chi connectivity index (χ0n) is 12.7. The summed E-state index contributed by atoms with van der Waals surface area (Å²) >= 11 is 9.54. The average molecular weight is 351 g/mol. The Morgan fingerprint density at radius 3 is 2.45 bits per heavy atom. The summed E-state index contributed by atoms with van der Waals surface area (Å²) in [4.78, 5) is 8.60. The van der Waals surface area contributed by atoms with Gasteiger partial charge >= 0.3 is 0 Å². The summed E-state index contributed by atoms with van der Waals surface area (Å²) in [6.07, 6.45) is 4.06. The quantitative estimate of drug-likeness (QED) is 0.485. The first kappa shape index (κ1) is 17.1. The maximum Gasteiger partial charge on any atom is 0.200 e. The molecule has 22 heavy (non-hydrogen) atoms. The topological polar surface area (TPSA) is 41.6 Å². The van der Waals surface area contributed by atoms with Crippen molar-refractivity contribution in [2.24, 2.45) is 10.7 Å². The summed E-state index contributed by atoms with van der Waals surface area (Å²) < 4.78 is 0. The van der Waals surface area contributed by atoms with Gasteiger partial charge in [0.05, 0.1) is 10.7 Å². The smallest absolute Gasteiger partial charge is 0.200 e. The molecule has 0 radical (unpaired) electrons. The third-order valence-electron chi connectivity index (χ3n) is 3.17. The van der Waals surface area contributed by atoms with Crippen LogP contribution in [0.15, 0.2) is 57.2 Å². The number of nitrogens with zero attached hydrogens (tertiary/aromatic N) is 2. The summed E-state index contributed by atoms with van der Waals surface area (Å²) in [6, 6.07) is 13.9. The van der Waals surface area contributed by atoms with Crippen molar-refractivity contribution in [2.45, 2.75) is 9.79 Å². The molecule has 0 aliphatic rings. The van der Waals surface area contributed by atoms with Gasteiger partial charge in [-0.1, -0.05) is 17.7 Å². The number of aliphatic imine (C=N–C) groups is 1. The van der Waals surface area contributed by atoms with Gasteiger partial charge < -0.3 is 10.6 Å². The van der Waals surface area contributed by atoms with E-state index >= 15 is 0 Å². The zero-order chi connectivity index (χ0) is 16.1. The third-order valence-corrected chi connectivity index (χ3v) is 4.94. The predicted molar refractivity (Wildman–Crippen MR) is 101 cm³/mol. The maximum atomic E-state index is 6.20. The summed E-state index contributed by atoms with van der Waals surface area (Å²) in [5.74, 6) is 0.401. The fraction of sp³-hybridized carbons (Fsp3) is 0.188. The van der Waals surface area contributed by atoms with Crippen molar-refractivity contribution < 1.29 is 0 Å². The fourth-order valence-electron chi connectivity index (χ4n) is 1.85. The van der Waals surface area contributed by atoms with Crippen LogP contribution in [0.4, 0.5) is 11.4 Å². The second kappa shape index (κ2) is 7.81. The molecule has 0 heterocycles. The number of guanidine groups is 1. The molecule has 116 valence electrons. The molecule has 2 rings (SSSR count). The highest BCUT2D eigenvalue weighted by molar-refractivity contribution is 7.98. The number of thioether (sulfide) groups is 2. The molecule has 2 N–H and O–H groups in total. The van der Waals surface area contributed by atoms with Gasteiger partial charge in [-0.15, -0.1) is 23.5 Å². The zero-order valence-corrected chi connectivity index (χ0v) is 15.1. The van der Waals surface area contributed by atoms with E-state index in [-0.39, 0.29) is 0 Å². The lowest BCUT2D eigenvalue weighted by molar-refractivity contribution is 1.20. The van der Waals surface area contributed by atoms with E-state index in [0.29, 0.717) is 16.7 Å². The van der Waals surface area contributed by atoms with Crippen molar-refractivity contribution in [3.05, 3.63) is 47.5 Å². The molecule has 0 bridgehead atoms. The Kier molecular flexibility index (Phi) is 6.06. The molecular formula is C16H18ClN3S2. The molecule has 2 aromatic rings. The van der Waals surface area contributed by atoms with Crippen LogP contribution in [0.5, 0.6) is 0 Å². The Balaban J connectivity index is 2.31. The summed E-state index contributed by atoms with van der Waals surface area (Å²) in [7, 11) is 1.89. The molecule has 0 saturated heterocycles. The fourth-order valence-corrected chi connectivity index (χ4v) is 2.90. The minimum absolute atomic E-state index is 0.401. The second-order valence-corrected chi connectivity index (χ2v) is 6.71. The van der Waals surface area contributed by atoms with Crippen molar-refractivity contribution >= 4 is 52.5 Å². The van der Waals surface area contributed by atoms with Crippen molar-refractivity contribution in [2.75, 3.05) is 24.5 Å². The number of benzene rings is 2. The van der Waals surface area contributed by atoms with Gasteiger partial charge in [0, 0.05) is 22.5 Å². The molecule has 0 unspecified atom stereocenters. The Labute approximate surface area is 144 Å². The van der Waals surface area contributed by atoms with Crippen molar-refractivity contribution in [1.29, 1.82) is 0 Å². The van der Waals surface area contributed by atoms with E-state index < -0.39 is 0 Å². The summed E-state index contributed by atoms with van der Waals surface area (Å²) in [6.45, 7) is 0. The number of anilines is 1. The molecule has 0 aliphatic carbocycles. The minimum Gasteiger partial charge on any atom is -0.369 e. The highest BCUT2D eigenvalue weighted by Gasteiger charge is 2.08. The average Bonchev–Trinajstić information content (AvgIpc) is 2.56. The molecule has 6 heteroatoms. The molecule has 0 atom stereocenters. The van der Waals surface area contributed by atoms with Crippen LogP contribution in [0.2, 0.25) is 5.02 Å². The first-order chi connectivity index (χ1) is 10.5. The lowest BCUT2D eigenvalue weighted by Crippen LogP contribution is -2.33. The standard InChI is InChI=1S/C16H18ClN3S2/c1-20(11-5-4-6-12(9-11)21-2)16(18)19-15-10-13(22-3)7-8-14(15)17/h4-10H,1-3H3,(H2,18,19)/i2-1. The van der Waals surface area contributed by atoms with Gasteiger partial charge in [-0.05, 0) is 48.9 Å². The van der Waals surface area contributed by atoms with Crippen LogP contribution in [0.3, 0.4) is 0 Å². The largest absolute Gasteiger partial charge is 0.369 e. The van der Waals surface area contributed by atoms with Crippen LogP contribution in [0.25, 0.3) is 0 Å². The van der Waals surface area contributed by atoms with Gasteiger partial charge in [0.25, 0.3) is 0 Å². The van der Waals surface area contributed by atoms with E-state index in [0.717, 1.165) is 10.6 Å². The second-order valence-electron chi connectivity index (χ2n) is 4.55. The lowest BCUT2D eigenvalue weighted by atomic mass is 10.3. The molecule has 0 saturated carbocycles. The van der Waals surface area contributed by atoms with E-state index in [1.807, 2.05) is 54.8 Å². The monoisotopic (exact) mass is 350 g/mol. The Morgan fingerprint density at radius 2 is 1.77 bits per heavy atom. The van der Waals surface area contributed by atoms with Crippen LogP contribution in [0.1, 0.15) is 0 Å². The lowest BCUT2D eigenvalue weighted by Gasteiger charge is -2.19. The van der Waals surface area contributed by atoms with Gasteiger partial charge in [-0.25, -0.2) is 4.99 Å². The van der Waals surface area contributed by atoms with Crippen LogP contribution in [0, 0.1) is 0 Å². The number of hydrogen-bond donors (Lipinski definition) is 1. The SMILES string of the molecule is CSc1ccc(Cl)c(N=C(N)N(C)c2cccc(S[11CH3])c2)c1. The Bertz CT molecular complexity index is 689. The van der Waals surface area contributed by atoms with Gasteiger partial charge in [0.2, 0.25) is 5.96 Å². The normalized spacial score (nSPS) is 11.5. The highest BCUT2D eigenvalue weighted by atomic mass is 35.5. The molecule has 0 aromatic heterocycles. The Hall–Kier alpha value is -1.30. The molecule has 0 amide bonds. The number of halogens is 1. The van der Waals surface area contributed by atoms with Crippen molar-refractivity contribution in [3.8, 4) is 0 Å². The van der Waals surface area contributed by atoms with Crippen molar-refractivity contribution in [3.63, 3.8) is 0 Å². The first-order valence-corrected chi connectivity index (χ1v) is 9.43. The maximum absolute atomic E-state index is 6.20. The molecule has 2 aromatic carbocycles. The van der Waals surface area contributed by atoms with Gasteiger partial charge in [0.1, 0.15) is 0 Å². The highest BCUT2D eigenvalue weighted by Crippen LogP contribution is 2.30. The predicted octanol–water partition coefficient (Wildman–Crippen LogP) is 4.87. The van der Waals surface area contributed by atoms with Gasteiger partial charge in [0.15, 0.2) is 0 Å². The van der Waals surface area contributed by atoms with Crippen LogP contribution < -0.4 is 10.6 Å². The minimum atomic E-state index is 0.401. The van der Waals surface area contributed by atoms with E-state index in [9.17, 15) is 0 Å². The van der Waals surface area contributed by atoms with E-state index in [4.69, 9.17) is 17.3 Å². The molecule has 3 nitrogen and oxygen atoms in total. The molecule has 0 fully saturated rings. The first-order valence-electron chi connectivity index (χ1n) is 6.60. The molecule has 0 aliphatic heterocycles. The van der Waals surface area contributed by atoms with Gasteiger partial charge in [-0.2, -0.15) is 0 Å². The Morgan fingerprint density at radius 1 is 1.09 bits per heavy atom.